The molecule has 2 amide bonds. The molecule has 0 saturated heterocycles. The minimum absolute atomic E-state index is 0.113. The van der Waals surface area contributed by atoms with Gasteiger partial charge in [0.2, 0.25) is 0 Å². The maximum atomic E-state index is 11.8. The van der Waals surface area contributed by atoms with Gasteiger partial charge in [0.15, 0.2) is 0 Å². The molecule has 0 aromatic heterocycles. The van der Waals surface area contributed by atoms with Crippen molar-refractivity contribution in [2.24, 2.45) is 5.41 Å². The Balaban J connectivity index is 1.68. The van der Waals surface area contributed by atoms with Gasteiger partial charge in [-0.15, -0.1) is 0 Å². The maximum absolute atomic E-state index is 11.8. The molecule has 0 spiro atoms. The molecule has 21 heavy (non-hydrogen) atoms. The summed E-state index contributed by atoms with van der Waals surface area (Å²) in [6.45, 7) is 9.79. The Morgan fingerprint density at radius 3 is 2.19 bits per heavy atom. The standard InChI is InChI=1S/C15H26N2O4/c1-10(2)20-11(18)16-9-14-6-15(7-14,8-14)17-12(19)21-13(3,4)5/h10H,6-9H2,1-5H3,(H,16,18)(H,17,19). The highest BCUT2D eigenvalue weighted by Crippen LogP contribution is 2.66. The van der Waals surface area contributed by atoms with Crippen LogP contribution in [0.25, 0.3) is 0 Å². The number of amides is 2. The molecule has 0 unspecified atom stereocenters. The van der Waals surface area contributed by atoms with Crippen molar-refractivity contribution in [2.45, 2.75) is 71.1 Å². The van der Waals surface area contributed by atoms with Gasteiger partial charge >= 0.3 is 12.2 Å². The molecule has 0 atom stereocenters. The quantitative estimate of drug-likeness (QED) is 0.836. The molecule has 2 N–H and O–H groups in total. The van der Waals surface area contributed by atoms with Gasteiger partial charge < -0.3 is 20.1 Å². The third-order valence-electron chi connectivity index (χ3n) is 3.86. The van der Waals surface area contributed by atoms with Gasteiger partial charge in [-0.3, -0.25) is 0 Å². The number of nitrogens with one attached hydrogen (secondary N) is 2. The molecule has 0 heterocycles. The third-order valence-corrected chi connectivity index (χ3v) is 3.86. The number of carbonyl (C=O) groups excluding carboxylic acids is 2. The van der Waals surface area contributed by atoms with Crippen LogP contribution in [-0.2, 0) is 9.47 Å². The highest BCUT2D eigenvalue weighted by atomic mass is 16.6. The van der Waals surface area contributed by atoms with Crippen LogP contribution in [0.4, 0.5) is 9.59 Å². The predicted octanol–water partition coefficient (Wildman–Crippen LogP) is 2.57. The zero-order valence-corrected chi connectivity index (χ0v) is 13.5. The summed E-state index contributed by atoms with van der Waals surface area (Å²) in [4.78, 5) is 23.2. The van der Waals surface area contributed by atoms with Crippen LogP contribution >= 0.6 is 0 Å². The summed E-state index contributed by atoms with van der Waals surface area (Å²) in [5.74, 6) is 0. The first-order valence-corrected chi connectivity index (χ1v) is 7.49. The molecule has 3 aliphatic carbocycles. The van der Waals surface area contributed by atoms with E-state index in [0.717, 1.165) is 19.3 Å². The van der Waals surface area contributed by atoms with Crippen molar-refractivity contribution < 1.29 is 19.1 Å². The van der Waals surface area contributed by atoms with Crippen molar-refractivity contribution in [1.82, 2.24) is 10.6 Å². The molecule has 0 radical (unpaired) electrons. The first-order valence-electron chi connectivity index (χ1n) is 7.49. The second kappa shape index (κ2) is 5.07. The Labute approximate surface area is 125 Å². The number of hydrogen-bond donors (Lipinski definition) is 2. The van der Waals surface area contributed by atoms with Crippen LogP contribution in [0.15, 0.2) is 0 Å². The van der Waals surface area contributed by atoms with Crippen LogP contribution in [0.3, 0.4) is 0 Å². The lowest BCUT2D eigenvalue weighted by molar-refractivity contribution is -0.147. The smallest absolute Gasteiger partial charge is 0.408 e. The highest BCUT2D eigenvalue weighted by Gasteiger charge is 2.68. The van der Waals surface area contributed by atoms with Crippen LogP contribution in [0, 0.1) is 5.41 Å². The highest BCUT2D eigenvalue weighted by molar-refractivity contribution is 5.70. The van der Waals surface area contributed by atoms with E-state index in [4.69, 9.17) is 9.47 Å². The molecule has 0 aliphatic heterocycles. The number of carbonyl (C=O) groups is 2. The van der Waals surface area contributed by atoms with Crippen molar-refractivity contribution in [3.63, 3.8) is 0 Å². The van der Waals surface area contributed by atoms with E-state index in [1.54, 1.807) is 0 Å². The van der Waals surface area contributed by atoms with E-state index in [1.807, 2.05) is 34.6 Å². The van der Waals surface area contributed by atoms with Gasteiger partial charge in [0.1, 0.15) is 5.60 Å². The lowest BCUT2D eigenvalue weighted by Crippen LogP contribution is -2.77. The Kier molecular flexibility index (Phi) is 3.84. The summed E-state index contributed by atoms with van der Waals surface area (Å²) >= 11 is 0. The van der Waals surface area contributed by atoms with Crippen molar-refractivity contribution in [3.8, 4) is 0 Å². The molecule has 6 heteroatoms. The number of rotatable bonds is 4. The van der Waals surface area contributed by atoms with Crippen LogP contribution < -0.4 is 10.6 Å². The number of hydrogen-bond acceptors (Lipinski definition) is 4. The van der Waals surface area contributed by atoms with Crippen LogP contribution in [0.1, 0.15) is 53.9 Å². The van der Waals surface area contributed by atoms with E-state index >= 15 is 0 Å². The summed E-state index contributed by atoms with van der Waals surface area (Å²) in [5.41, 5.74) is -0.468. The summed E-state index contributed by atoms with van der Waals surface area (Å²) < 4.78 is 10.3. The molecule has 120 valence electrons. The normalized spacial score (nSPS) is 30.0. The van der Waals surface area contributed by atoms with E-state index in [0.29, 0.717) is 6.54 Å². The number of alkyl carbamates (subject to hydrolysis) is 2. The molecule has 3 aliphatic rings. The largest absolute Gasteiger partial charge is 0.447 e. The van der Waals surface area contributed by atoms with E-state index in [-0.39, 0.29) is 29.2 Å². The van der Waals surface area contributed by atoms with E-state index < -0.39 is 5.60 Å². The van der Waals surface area contributed by atoms with Gasteiger partial charge in [-0.05, 0) is 59.3 Å². The monoisotopic (exact) mass is 298 g/mol. The molecular weight excluding hydrogens is 272 g/mol. The first-order chi connectivity index (χ1) is 9.53. The first kappa shape index (κ1) is 15.9. The Morgan fingerprint density at radius 1 is 1.14 bits per heavy atom. The minimum Gasteiger partial charge on any atom is -0.447 e. The fourth-order valence-corrected chi connectivity index (χ4v) is 3.35. The summed E-state index contributed by atoms with van der Waals surface area (Å²) in [5, 5.41) is 5.75. The molecule has 3 saturated carbocycles. The van der Waals surface area contributed by atoms with E-state index in [1.165, 1.54) is 0 Å². The SMILES string of the molecule is CC(C)OC(=O)NCC12CC(NC(=O)OC(C)(C)C)(C1)C2. The van der Waals surface area contributed by atoms with Gasteiger partial charge in [-0.2, -0.15) is 0 Å². The Hall–Kier alpha value is -1.46. The predicted molar refractivity (Wildman–Crippen MR) is 78.0 cm³/mol. The Bertz CT molecular complexity index is 420. The lowest BCUT2D eigenvalue weighted by Gasteiger charge is -2.70. The minimum atomic E-state index is -0.479. The fraction of sp³-hybridized carbons (Fsp3) is 0.867. The molecule has 0 aromatic carbocycles. The average Bonchev–Trinajstić information content (AvgIpc) is 2.15. The third kappa shape index (κ3) is 3.80. The molecule has 3 rings (SSSR count). The fourth-order valence-electron chi connectivity index (χ4n) is 3.35. The summed E-state index contributed by atoms with van der Waals surface area (Å²) in [7, 11) is 0. The molecule has 3 fully saturated rings. The van der Waals surface area contributed by atoms with E-state index in [2.05, 4.69) is 10.6 Å². The molecule has 0 aromatic rings. The van der Waals surface area contributed by atoms with Crippen LogP contribution in [0.5, 0.6) is 0 Å². The van der Waals surface area contributed by atoms with Gasteiger partial charge in [0.25, 0.3) is 0 Å². The van der Waals surface area contributed by atoms with Crippen LogP contribution in [-0.4, -0.2) is 36.0 Å². The Morgan fingerprint density at radius 2 is 1.71 bits per heavy atom. The van der Waals surface area contributed by atoms with Gasteiger partial charge in [0.05, 0.1) is 6.10 Å². The van der Waals surface area contributed by atoms with Crippen molar-refractivity contribution in [3.05, 3.63) is 0 Å². The second-order valence-electron chi connectivity index (χ2n) is 7.75. The van der Waals surface area contributed by atoms with Crippen molar-refractivity contribution in [1.29, 1.82) is 0 Å². The van der Waals surface area contributed by atoms with Gasteiger partial charge in [-0.1, -0.05) is 0 Å². The van der Waals surface area contributed by atoms with Crippen LogP contribution in [0.2, 0.25) is 0 Å². The summed E-state index contributed by atoms with van der Waals surface area (Å²) in [6, 6.07) is 0. The lowest BCUT2D eigenvalue weighted by atomic mass is 9.39. The number of ether oxygens (including phenoxy) is 2. The molecular formula is C15H26N2O4. The van der Waals surface area contributed by atoms with Gasteiger partial charge in [0, 0.05) is 12.1 Å². The van der Waals surface area contributed by atoms with E-state index in [9.17, 15) is 9.59 Å². The summed E-state index contributed by atoms with van der Waals surface area (Å²) in [6.07, 6.45) is 1.83. The van der Waals surface area contributed by atoms with Crippen molar-refractivity contribution >= 4 is 12.2 Å². The second-order valence-corrected chi connectivity index (χ2v) is 7.75. The zero-order chi connectivity index (χ0) is 15.9. The molecule has 6 nitrogen and oxygen atoms in total. The van der Waals surface area contributed by atoms with Crippen molar-refractivity contribution in [2.75, 3.05) is 6.54 Å². The molecule has 2 bridgehead atoms. The van der Waals surface area contributed by atoms with Gasteiger partial charge in [-0.25, -0.2) is 9.59 Å². The topological polar surface area (TPSA) is 76.7 Å². The average molecular weight is 298 g/mol. The maximum Gasteiger partial charge on any atom is 0.408 e. The zero-order valence-electron chi connectivity index (χ0n) is 13.5.